The number of carbonyl (C=O) groups is 3. The van der Waals surface area contributed by atoms with E-state index in [1.807, 2.05) is 0 Å². The first-order valence-corrected chi connectivity index (χ1v) is 7.65. The number of aromatic nitrogens is 1. The van der Waals surface area contributed by atoms with Crippen LogP contribution in [0.5, 0.6) is 0 Å². The van der Waals surface area contributed by atoms with Crippen molar-refractivity contribution in [3.05, 3.63) is 55.8 Å². The van der Waals surface area contributed by atoms with Gasteiger partial charge < -0.3 is 5.32 Å². The summed E-state index contributed by atoms with van der Waals surface area (Å²) in [5, 5.41) is 23.5. The van der Waals surface area contributed by atoms with E-state index in [1.54, 1.807) is 0 Å². The van der Waals surface area contributed by atoms with E-state index in [1.165, 1.54) is 12.1 Å². The summed E-state index contributed by atoms with van der Waals surface area (Å²) in [7, 11) is 0. The molecule has 1 N–H and O–H groups in total. The van der Waals surface area contributed by atoms with E-state index >= 15 is 0 Å². The van der Waals surface area contributed by atoms with Crippen LogP contribution in [0.15, 0.2) is 24.4 Å². The number of benzene rings is 1. The average Bonchev–Trinajstić information content (AvgIpc) is 3.14. The molecule has 1 aromatic carbocycles. The number of nitrogens with one attached hydrogen (secondary N) is 1. The molecule has 1 aromatic heterocycles. The lowest BCUT2D eigenvalue weighted by Gasteiger charge is -2.12. The zero-order valence-corrected chi connectivity index (χ0v) is 13.4. The first kappa shape index (κ1) is 17.1. The highest BCUT2D eigenvalue weighted by molar-refractivity contribution is 7.18. The van der Waals surface area contributed by atoms with Gasteiger partial charge in [0.1, 0.15) is 18.3 Å². The van der Waals surface area contributed by atoms with Gasteiger partial charge in [-0.2, -0.15) is 0 Å². The molecule has 0 radical (unpaired) electrons. The Labute approximate surface area is 147 Å². The highest BCUT2D eigenvalue weighted by Gasteiger charge is 2.41. The molecular formula is C13H7N5O7S. The Morgan fingerprint density at radius 1 is 1.19 bits per heavy atom. The number of amides is 3. The second-order valence-corrected chi connectivity index (χ2v) is 5.97. The fraction of sp³-hybridized carbons (Fsp3) is 0.0769. The maximum Gasteiger partial charge on any atom is 0.345 e. The zero-order chi connectivity index (χ0) is 19.0. The van der Waals surface area contributed by atoms with Gasteiger partial charge in [0.05, 0.1) is 15.4 Å². The first-order valence-electron chi connectivity index (χ1n) is 6.83. The fourth-order valence-corrected chi connectivity index (χ4v) is 2.97. The Bertz CT molecular complexity index is 985. The summed E-state index contributed by atoms with van der Waals surface area (Å²) < 4.78 is 0. The number of rotatable bonds is 5. The molecule has 0 saturated heterocycles. The molecule has 0 aliphatic carbocycles. The SMILES string of the molecule is O=C(CN1C(=O)c2cccc([N+](=O)[O-])c2C1=O)Nc1ncc([N+](=O)[O-])s1. The molecule has 0 bridgehead atoms. The maximum absolute atomic E-state index is 12.3. The zero-order valence-electron chi connectivity index (χ0n) is 12.6. The van der Waals surface area contributed by atoms with Crippen molar-refractivity contribution in [3.8, 4) is 0 Å². The van der Waals surface area contributed by atoms with Crippen LogP contribution in [0.2, 0.25) is 0 Å². The molecule has 0 atom stereocenters. The second kappa shape index (κ2) is 6.29. The van der Waals surface area contributed by atoms with Crippen LogP contribution < -0.4 is 5.32 Å². The van der Waals surface area contributed by atoms with Gasteiger partial charge in [-0.15, -0.1) is 0 Å². The molecule has 0 saturated carbocycles. The van der Waals surface area contributed by atoms with E-state index in [4.69, 9.17) is 0 Å². The number of hydrogen-bond donors (Lipinski definition) is 1. The molecule has 3 rings (SSSR count). The Hall–Kier alpha value is -3.74. The lowest BCUT2D eigenvalue weighted by atomic mass is 10.1. The molecule has 0 spiro atoms. The standard InChI is InChI=1S/C13H7N5O7S/c19-8(15-13-14-4-9(26-13)18(24)25)5-16-11(20)6-2-1-3-7(17(22)23)10(6)12(16)21/h1-4H,5H2,(H,14,15,19). The number of fused-ring (bicyclic) bond motifs is 1. The first-order chi connectivity index (χ1) is 12.3. The molecule has 1 aliphatic heterocycles. The third-order valence-electron chi connectivity index (χ3n) is 3.40. The maximum atomic E-state index is 12.3. The summed E-state index contributed by atoms with van der Waals surface area (Å²) in [5.74, 6) is -2.63. The Balaban J connectivity index is 1.78. The van der Waals surface area contributed by atoms with Crippen LogP contribution in [0.1, 0.15) is 20.7 Å². The number of nitrogens with zero attached hydrogens (tertiary/aromatic N) is 4. The smallest absolute Gasteiger partial charge is 0.300 e. The van der Waals surface area contributed by atoms with E-state index in [2.05, 4.69) is 10.3 Å². The molecule has 2 aromatic rings. The predicted octanol–water partition coefficient (Wildman–Crippen LogP) is 1.19. The van der Waals surface area contributed by atoms with E-state index in [9.17, 15) is 34.6 Å². The van der Waals surface area contributed by atoms with Gasteiger partial charge in [0, 0.05) is 6.07 Å². The van der Waals surface area contributed by atoms with Crippen LogP contribution in [0.4, 0.5) is 15.8 Å². The van der Waals surface area contributed by atoms with Crippen molar-refractivity contribution in [3.63, 3.8) is 0 Å². The molecule has 2 heterocycles. The van der Waals surface area contributed by atoms with Gasteiger partial charge in [-0.25, -0.2) is 4.98 Å². The van der Waals surface area contributed by atoms with E-state index < -0.39 is 39.8 Å². The third-order valence-corrected chi connectivity index (χ3v) is 4.26. The minimum atomic E-state index is -0.961. The van der Waals surface area contributed by atoms with E-state index in [0.717, 1.165) is 12.3 Å². The number of imide groups is 1. The molecule has 12 nitrogen and oxygen atoms in total. The van der Waals surface area contributed by atoms with Gasteiger partial charge in [0.15, 0.2) is 5.13 Å². The van der Waals surface area contributed by atoms with Gasteiger partial charge in [-0.1, -0.05) is 6.07 Å². The monoisotopic (exact) mass is 377 g/mol. The van der Waals surface area contributed by atoms with E-state index in [-0.39, 0.29) is 21.3 Å². The summed E-state index contributed by atoms with van der Waals surface area (Å²) in [6.07, 6.45) is 0.950. The summed E-state index contributed by atoms with van der Waals surface area (Å²) in [5.41, 5.74) is -1.07. The fourth-order valence-electron chi connectivity index (χ4n) is 2.32. The minimum Gasteiger partial charge on any atom is -0.300 e. The highest BCUT2D eigenvalue weighted by Crippen LogP contribution is 2.31. The Morgan fingerprint density at radius 2 is 1.92 bits per heavy atom. The third kappa shape index (κ3) is 2.86. The largest absolute Gasteiger partial charge is 0.345 e. The molecule has 1 aliphatic rings. The lowest BCUT2D eigenvalue weighted by molar-refractivity contribution is -0.385. The Kier molecular flexibility index (Phi) is 4.13. The van der Waals surface area contributed by atoms with Crippen molar-refractivity contribution >= 4 is 44.9 Å². The van der Waals surface area contributed by atoms with Crippen molar-refractivity contribution in [1.29, 1.82) is 0 Å². The molecule has 3 amide bonds. The number of carbonyl (C=O) groups excluding carboxylic acids is 3. The summed E-state index contributed by atoms with van der Waals surface area (Å²) in [6.45, 7) is -0.711. The van der Waals surface area contributed by atoms with Gasteiger partial charge >= 0.3 is 5.00 Å². The molecule has 132 valence electrons. The Morgan fingerprint density at radius 3 is 2.54 bits per heavy atom. The highest BCUT2D eigenvalue weighted by atomic mass is 32.1. The van der Waals surface area contributed by atoms with Crippen LogP contribution in [0.3, 0.4) is 0 Å². The van der Waals surface area contributed by atoms with Crippen molar-refractivity contribution < 1.29 is 24.2 Å². The molecule has 0 unspecified atom stereocenters. The lowest BCUT2D eigenvalue weighted by Crippen LogP contribution is -2.37. The second-order valence-electron chi connectivity index (χ2n) is 4.96. The summed E-state index contributed by atoms with van der Waals surface area (Å²) >= 11 is 0.603. The molecule has 13 heteroatoms. The van der Waals surface area contributed by atoms with Gasteiger partial charge in [-0.05, 0) is 17.4 Å². The molecule has 26 heavy (non-hydrogen) atoms. The van der Waals surface area contributed by atoms with Gasteiger partial charge in [0.25, 0.3) is 17.5 Å². The minimum absolute atomic E-state index is 0.0794. The topological polar surface area (TPSA) is 166 Å². The van der Waals surface area contributed by atoms with Crippen LogP contribution in [0, 0.1) is 20.2 Å². The predicted molar refractivity (Wildman–Crippen MR) is 85.9 cm³/mol. The van der Waals surface area contributed by atoms with Gasteiger partial charge in [-0.3, -0.25) is 39.5 Å². The number of thiazole rings is 1. The van der Waals surface area contributed by atoms with Crippen molar-refractivity contribution in [2.75, 3.05) is 11.9 Å². The van der Waals surface area contributed by atoms with Gasteiger partial charge in [0.2, 0.25) is 5.91 Å². The number of hydrogen-bond acceptors (Lipinski definition) is 9. The quantitative estimate of drug-likeness (QED) is 0.461. The number of anilines is 1. The van der Waals surface area contributed by atoms with Crippen molar-refractivity contribution in [2.45, 2.75) is 0 Å². The van der Waals surface area contributed by atoms with Crippen molar-refractivity contribution in [1.82, 2.24) is 9.88 Å². The van der Waals surface area contributed by atoms with Crippen LogP contribution in [-0.4, -0.2) is 44.0 Å². The average molecular weight is 377 g/mol. The van der Waals surface area contributed by atoms with Crippen LogP contribution in [0.25, 0.3) is 0 Å². The number of nitro benzene ring substituents is 1. The molecular weight excluding hydrogens is 370 g/mol. The number of nitro groups is 2. The summed E-state index contributed by atoms with van der Waals surface area (Å²) in [4.78, 5) is 60.9. The van der Waals surface area contributed by atoms with Crippen LogP contribution >= 0.6 is 11.3 Å². The van der Waals surface area contributed by atoms with Crippen LogP contribution in [-0.2, 0) is 4.79 Å². The summed E-state index contributed by atoms with van der Waals surface area (Å²) in [6, 6.07) is 3.60. The normalized spacial score (nSPS) is 12.8. The van der Waals surface area contributed by atoms with Crippen molar-refractivity contribution in [2.24, 2.45) is 0 Å². The molecule has 0 fully saturated rings. The van der Waals surface area contributed by atoms with E-state index in [0.29, 0.717) is 16.2 Å².